The highest BCUT2D eigenvalue weighted by atomic mass is 32.1. The molecule has 0 bridgehead atoms. The minimum absolute atomic E-state index is 0.471. The molecular formula is C17H24N2OS. The summed E-state index contributed by atoms with van der Waals surface area (Å²) in [6.45, 7) is 10.0. The Morgan fingerprint density at radius 1 is 1.29 bits per heavy atom. The molecule has 0 amide bonds. The molecule has 1 aromatic heterocycles. The third-order valence-corrected chi connectivity index (χ3v) is 4.41. The average molecular weight is 304 g/mol. The predicted octanol–water partition coefficient (Wildman–Crippen LogP) is 3.88. The Balaban J connectivity index is 1.99. The summed E-state index contributed by atoms with van der Waals surface area (Å²) in [7, 11) is 0. The lowest BCUT2D eigenvalue weighted by atomic mass is 10.1. The summed E-state index contributed by atoms with van der Waals surface area (Å²) in [6.07, 6.45) is 0.919. The Morgan fingerprint density at radius 3 is 2.76 bits per heavy atom. The monoisotopic (exact) mass is 304 g/mol. The number of hydrogen-bond donors (Lipinski definition) is 1. The van der Waals surface area contributed by atoms with E-state index in [1.54, 1.807) is 11.3 Å². The van der Waals surface area contributed by atoms with Crippen LogP contribution in [-0.2, 0) is 13.0 Å². The normalized spacial score (nSPS) is 11.1. The van der Waals surface area contributed by atoms with Gasteiger partial charge in [-0.15, -0.1) is 11.3 Å². The molecule has 1 aromatic carbocycles. The number of ether oxygens (including phenoxy) is 1. The van der Waals surface area contributed by atoms with Crippen molar-refractivity contribution in [1.29, 1.82) is 0 Å². The number of para-hydroxylation sites is 1. The minimum Gasteiger partial charge on any atom is -0.493 e. The molecule has 0 unspecified atom stereocenters. The molecule has 0 aliphatic rings. The molecule has 21 heavy (non-hydrogen) atoms. The summed E-state index contributed by atoms with van der Waals surface area (Å²) in [6, 6.07) is 6.80. The number of nitrogens with one attached hydrogen (secondary N) is 1. The molecule has 1 N–H and O–H groups in total. The van der Waals surface area contributed by atoms with Gasteiger partial charge >= 0.3 is 0 Å². The highest BCUT2D eigenvalue weighted by molar-refractivity contribution is 7.09. The first-order valence-electron chi connectivity index (χ1n) is 7.41. The fourth-order valence-corrected chi connectivity index (χ4v) is 2.95. The molecule has 0 aliphatic carbocycles. The number of thiazole rings is 1. The second kappa shape index (κ2) is 7.57. The number of hydrogen-bond acceptors (Lipinski definition) is 4. The van der Waals surface area contributed by atoms with Gasteiger partial charge in [0.1, 0.15) is 5.75 Å². The summed E-state index contributed by atoms with van der Waals surface area (Å²) in [5, 5.41) is 3.45. The first-order chi connectivity index (χ1) is 10.1. The molecule has 0 spiro atoms. The molecule has 4 heteroatoms. The van der Waals surface area contributed by atoms with E-state index in [9.17, 15) is 0 Å². The van der Waals surface area contributed by atoms with Crippen molar-refractivity contribution in [2.24, 2.45) is 0 Å². The zero-order chi connectivity index (χ0) is 15.2. The van der Waals surface area contributed by atoms with E-state index in [4.69, 9.17) is 4.74 Å². The quantitative estimate of drug-likeness (QED) is 0.843. The summed E-state index contributed by atoms with van der Waals surface area (Å²) in [5.74, 6) is 1.02. The van der Waals surface area contributed by atoms with Gasteiger partial charge in [0.2, 0.25) is 0 Å². The van der Waals surface area contributed by atoms with Crippen LogP contribution in [0.4, 0.5) is 0 Å². The lowest BCUT2D eigenvalue weighted by Gasteiger charge is -2.16. The van der Waals surface area contributed by atoms with Crippen molar-refractivity contribution in [1.82, 2.24) is 10.3 Å². The lowest BCUT2D eigenvalue weighted by molar-refractivity contribution is 0.316. The fraction of sp³-hybridized carbons (Fsp3) is 0.471. The van der Waals surface area contributed by atoms with E-state index in [0.29, 0.717) is 12.6 Å². The summed E-state index contributed by atoms with van der Waals surface area (Å²) < 4.78 is 6.07. The molecule has 0 saturated carbocycles. The van der Waals surface area contributed by atoms with Crippen LogP contribution in [0.3, 0.4) is 0 Å². The fourth-order valence-electron chi connectivity index (χ4n) is 2.18. The molecule has 1 heterocycles. The number of rotatable bonds is 7. The maximum Gasteiger partial charge on any atom is 0.126 e. The standard InChI is InChI=1S/C17H24N2OS/c1-12(2)18-10-15-7-5-6-13(3)17(15)20-9-8-16-14(4)19-11-21-16/h5-7,11-12,18H,8-10H2,1-4H3. The van der Waals surface area contributed by atoms with Gasteiger partial charge in [-0.25, -0.2) is 4.98 Å². The number of benzene rings is 1. The first kappa shape index (κ1) is 16.0. The number of nitrogens with zero attached hydrogens (tertiary/aromatic N) is 1. The molecule has 0 atom stereocenters. The van der Waals surface area contributed by atoms with Gasteiger partial charge in [0, 0.05) is 29.4 Å². The van der Waals surface area contributed by atoms with E-state index in [0.717, 1.165) is 24.4 Å². The van der Waals surface area contributed by atoms with Crippen LogP contribution in [0.15, 0.2) is 23.7 Å². The van der Waals surface area contributed by atoms with Gasteiger partial charge in [-0.2, -0.15) is 0 Å². The summed E-state index contributed by atoms with van der Waals surface area (Å²) in [4.78, 5) is 5.59. The summed E-state index contributed by atoms with van der Waals surface area (Å²) >= 11 is 1.70. The Labute approximate surface area is 131 Å². The molecule has 2 rings (SSSR count). The van der Waals surface area contributed by atoms with Crippen LogP contribution in [0.2, 0.25) is 0 Å². The van der Waals surface area contributed by atoms with Gasteiger partial charge in [-0.05, 0) is 19.4 Å². The molecule has 3 nitrogen and oxygen atoms in total. The van der Waals surface area contributed by atoms with Gasteiger partial charge in [0.25, 0.3) is 0 Å². The second-order valence-electron chi connectivity index (χ2n) is 5.56. The third kappa shape index (κ3) is 4.55. The van der Waals surface area contributed by atoms with E-state index in [1.807, 2.05) is 5.51 Å². The maximum atomic E-state index is 6.07. The molecule has 0 radical (unpaired) electrons. The smallest absolute Gasteiger partial charge is 0.126 e. The first-order valence-corrected chi connectivity index (χ1v) is 8.29. The number of aromatic nitrogens is 1. The van der Waals surface area contributed by atoms with Crippen LogP contribution in [-0.4, -0.2) is 17.6 Å². The van der Waals surface area contributed by atoms with Crippen molar-refractivity contribution < 1.29 is 4.74 Å². The zero-order valence-electron chi connectivity index (χ0n) is 13.3. The Hall–Kier alpha value is -1.39. The van der Waals surface area contributed by atoms with Crippen LogP contribution < -0.4 is 10.1 Å². The van der Waals surface area contributed by atoms with Crippen LogP contribution >= 0.6 is 11.3 Å². The zero-order valence-corrected chi connectivity index (χ0v) is 14.1. The molecule has 0 aliphatic heterocycles. The van der Waals surface area contributed by atoms with Crippen LogP contribution in [0, 0.1) is 13.8 Å². The van der Waals surface area contributed by atoms with Crippen molar-refractivity contribution in [3.8, 4) is 5.75 Å². The van der Waals surface area contributed by atoms with Crippen LogP contribution in [0.1, 0.15) is 35.5 Å². The van der Waals surface area contributed by atoms with E-state index in [2.05, 4.69) is 56.2 Å². The second-order valence-corrected chi connectivity index (χ2v) is 6.50. The largest absolute Gasteiger partial charge is 0.493 e. The summed E-state index contributed by atoms with van der Waals surface area (Å²) in [5.41, 5.74) is 5.44. The van der Waals surface area contributed by atoms with Crippen molar-refractivity contribution in [3.05, 3.63) is 45.4 Å². The Bertz CT molecular complexity index is 578. The molecule has 114 valence electrons. The maximum absolute atomic E-state index is 6.07. The lowest BCUT2D eigenvalue weighted by Crippen LogP contribution is -2.22. The highest BCUT2D eigenvalue weighted by Gasteiger charge is 2.08. The van der Waals surface area contributed by atoms with Gasteiger partial charge in [0.05, 0.1) is 17.8 Å². The number of aryl methyl sites for hydroxylation is 2. The van der Waals surface area contributed by atoms with E-state index >= 15 is 0 Å². The molecule has 2 aromatic rings. The van der Waals surface area contributed by atoms with Gasteiger partial charge < -0.3 is 10.1 Å². The van der Waals surface area contributed by atoms with Crippen molar-refractivity contribution in [2.45, 2.75) is 46.7 Å². The predicted molar refractivity (Wildman–Crippen MR) is 89.2 cm³/mol. The van der Waals surface area contributed by atoms with Gasteiger partial charge in [0.15, 0.2) is 0 Å². The minimum atomic E-state index is 0.471. The van der Waals surface area contributed by atoms with Crippen molar-refractivity contribution in [2.75, 3.05) is 6.61 Å². The van der Waals surface area contributed by atoms with E-state index in [1.165, 1.54) is 16.0 Å². The SMILES string of the molecule is Cc1cccc(CNC(C)C)c1OCCc1scnc1C. The van der Waals surface area contributed by atoms with Crippen LogP contribution in [0.25, 0.3) is 0 Å². The van der Waals surface area contributed by atoms with Gasteiger partial charge in [-0.1, -0.05) is 32.0 Å². The van der Waals surface area contributed by atoms with Crippen molar-refractivity contribution in [3.63, 3.8) is 0 Å². The van der Waals surface area contributed by atoms with E-state index < -0.39 is 0 Å². The van der Waals surface area contributed by atoms with Crippen molar-refractivity contribution >= 4 is 11.3 Å². The van der Waals surface area contributed by atoms with Gasteiger partial charge in [-0.3, -0.25) is 0 Å². The Kier molecular flexibility index (Phi) is 5.76. The molecule has 0 saturated heterocycles. The average Bonchev–Trinajstić information content (AvgIpc) is 2.84. The Morgan fingerprint density at radius 2 is 2.10 bits per heavy atom. The third-order valence-electron chi connectivity index (χ3n) is 3.41. The van der Waals surface area contributed by atoms with E-state index in [-0.39, 0.29) is 0 Å². The van der Waals surface area contributed by atoms with Crippen LogP contribution in [0.5, 0.6) is 5.75 Å². The molecule has 0 fully saturated rings. The molecular weight excluding hydrogens is 280 g/mol. The topological polar surface area (TPSA) is 34.1 Å². The highest BCUT2D eigenvalue weighted by Crippen LogP contribution is 2.24.